The third-order valence-electron chi connectivity index (χ3n) is 9.53. The highest BCUT2D eigenvalue weighted by Crippen LogP contribution is 2.24. The van der Waals surface area contributed by atoms with E-state index in [1.165, 1.54) is 64.2 Å². The Morgan fingerprint density at radius 1 is 0.630 bits per heavy atom. The number of hydrogen-bond acceptors (Lipinski definition) is 11. The van der Waals surface area contributed by atoms with E-state index in [0.29, 0.717) is 12.8 Å². The molecule has 4 N–H and O–H groups in total. The maximum Gasteiger partial charge on any atom is 0.306 e. The summed E-state index contributed by atoms with van der Waals surface area (Å²) in [4.78, 5) is 25.3. The summed E-state index contributed by atoms with van der Waals surface area (Å²) < 4.78 is 53.9. The van der Waals surface area contributed by atoms with Crippen LogP contribution in [0.15, 0.2) is 24.3 Å². The average Bonchev–Trinajstić information content (AvgIpc) is 3.13. The second-order valence-corrected chi connectivity index (χ2v) is 16.2. The van der Waals surface area contributed by atoms with E-state index in [0.717, 1.165) is 64.2 Å². The number of ether oxygens (including phenoxy) is 4. The average molecular weight is 791 g/mol. The van der Waals surface area contributed by atoms with E-state index in [2.05, 4.69) is 38.2 Å². The van der Waals surface area contributed by atoms with E-state index in [-0.39, 0.29) is 19.4 Å². The third-order valence-corrected chi connectivity index (χ3v) is 10.3. The summed E-state index contributed by atoms with van der Waals surface area (Å²) in [7, 11) is -4.60. The van der Waals surface area contributed by atoms with Crippen molar-refractivity contribution in [2.45, 2.75) is 205 Å². The Hall–Kier alpha value is -1.87. The Balaban J connectivity index is 2.50. The number of aliphatic hydroxyl groups is 3. The topological polar surface area (TPSA) is 186 Å². The van der Waals surface area contributed by atoms with Gasteiger partial charge in [0.25, 0.3) is 10.1 Å². The number of carbonyl (C=O) groups excluding carboxylic acids is 2. The van der Waals surface area contributed by atoms with E-state index in [9.17, 15) is 37.9 Å². The molecule has 0 radical (unpaired) electrons. The van der Waals surface area contributed by atoms with Gasteiger partial charge in [-0.3, -0.25) is 14.1 Å². The number of allylic oxidation sites excluding steroid dienone is 4. The van der Waals surface area contributed by atoms with Crippen molar-refractivity contribution in [1.29, 1.82) is 0 Å². The van der Waals surface area contributed by atoms with Gasteiger partial charge >= 0.3 is 11.9 Å². The summed E-state index contributed by atoms with van der Waals surface area (Å²) >= 11 is 0. The Kier molecular flexibility index (Phi) is 29.9. The van der Waals surface area contributed by atoms with Gasteiger partial charge in [0.15, 0.2) is 12.4 Å². The van der Waals surface area contributed by atoms with Gasteiger partial charge in [-0.25, -0.2) is 0 Å². The maximum absolute atomic E-state index is 12.8. The van der Waals surface area contributed by atoms with Crippen LogP contribution < -0.4 is 0 Å². The molecule has 0 amide bonds. The molecule has 12 nitrogen and oxygen atoms in total. The summed E-state index contributed by atoms with van der Waals surface area (Å²) in [6.45, 7) is 3.69. The van der Waals surface area contributed by atoms with Gasteiger partial charge in [-0.2, -0.15) is 8.42 Å². The maximum atomic E-state index is 12.8. The largest absolute Gasteiger partial charge is 0.462 e. The van der Waals surface area contributed by atoms with Crippen LogP contribution in [0.25, 0.3) is 0 Å². The van der Waals surface area contributed by atoms with Gasteiger partial charge in [-0.05, 0) is 38.5 Å². The van der Waals surface area contributed by atoms with Gasteiger partial charge in [0, 0.05) is 12.8 Å². The Morgan fingerprint density at radius 3 is 1.69 bits per heavy atom. The molecule has 1 aliphatic rings. The number of hydrogen-bond donors (Lipinski definition) is 4. The van der Waals surface area contributed by atoms with Crippen LogP contribution in [0.2, 0.25) is 0 Å². The molecule has 0 aromatic heterocycles. The number of esters is 2. The molecule has 0 bridgehead atoms. The predicted molar refractivity (Wildman–Crippen MR) is 210 cm³/mol. The van der Waals surface area contributed by atoms with E-state index in [4.69, 9.17) is 18.9 Å². The summed E-state index contributed by atoms with van der Waals surface area (Å²) in [6.07, 6.45) is 23.7. The zero-order valence-electron chi connectivity index (χ0n) is 33.3. The molecule has 1 rings (SSSR count). The molecular weight excluding hydrogens is 717 g/mol. The predicted octanol–water partition coefficient (Wildman–Crippen LogP) is 7.67. The van der Waals surface area contributed by atoms with E-state index in [1.807, 2.05) is 0 Å². The molecule has 0 saturated carbocycles. The van der Waals surface area contributed by atoms with Crippen LogP contribution in [0.1, 0.15) is 168 Å². The molecule has 0 aromatic carbocycles. The molecule has 1 aliphatic heterocycles. The van der Waals surface area contributed by atoms with Gasteiger partial charge in [0.1, 0.15) is 36.8 Å². The molecule has 1 fully saturated rings. The molecule has 54 heavy (non-hydrogen) atoms. The van der Waals surface area contributed by atoms with E-state index in [1.54, 1.807) is 0 Å². The minimum atomic E-state index is -4.60. The molecule has 316 valence electrons. The molecule has 13 heteroatoms. The van der Waals surface area contributed by atoms with Gasteiger partial charge in [0.2, 0.25) is 0 Å². The number of rotatable bonds is 34. The standard InChI is InChI=1S/C41H74O12S/c1-3-5-7-9-11-13-15-17-18-20-22-24-26-28-30-37(43)52-34(32-51-41-40(46)39(45)38(44)35(53-41)33-54(47,48)49)31-50-36(42)29-27-25-23-21-19-16-14-12-10-8-6-4-2/h9,11,15,17,34-35,38-41,44-46H,3-8,10,12-14,16,18-33H2,1-2H3,(H,47,48,49)/b11-9-,17-15-. The number of aliphatic hydroxyl groups excluding tert-OH is 3. The highest BCUT2D eigenvalue weighted by Gasteiger charge is 2.46. The van der Waals surface area contributed by atoms with E-state index >= 15 is 0 Å². The SMILES string of the molecule is CCCC/C=C\C/C=C\CCCCCCCC(=O)OC(COC(=O)CCCCCCCCCCCCCC)COC1OC(CS(=O)(=O)O)C(O)C(O)C1O. The second kappa shape index (κ2) is 32.2. The first-order valence-electron chi connectivity index (χ1n) is 20.9. The lowest BCUT2D eigenvalue weighted by atomic mass is 10.00. The summed E-state index contributed by atoms with van der Waals surface area (Å²) in [5, 5.41) is 30.8. The minimum Gasteiger partial charge on any atom is -0.462 e. The van der Waals surface area contributed by atoms with Crippen molar-refractivity contribution in [1.82, 2.24) is 0 Å². The first-order valence-corrected chi connectivity index (χ1v) is 22.5. The monoisotopic (exact) mass is 790 g/mol. The van der Waals surface area contributed by atoms with Crippen LogP contribution in [-0.4, -0.2) is 96.0 Å². The van der Waals surface area contributed by atoms with Crippen molar-refractivity contribution >= 4 is 22.1 Å². The normalized spacial score (nSPS) is 21.2. The van der Waals surface area contributed by atoms with Gasteiger partial charge < -0.3 is 34.3 Å². The summed E-state index contributed by atoms with van der Waals surface area (Å²) in [5.74, 6) is -2.00. The fourth-order valence-electron chi connectivity index (χ4n) is 6.22. The first kappa shape index (κ1) is 50.1. The van der Waals surface area contributed by atoms with Crippen molar-refractivity contribution < 1.29 is 56.8 Å². The molecule has 1 heterocycles. The molecule has 1 saturated heterocycles. The fraction of sp³-hybridized carbons (Fsp3) is 0.854. The lowest BCUT2D eigenvalue weighted by Crippen LogP contribution is -2.60. The minimum absolute atomic E-state index is 0.150. The lowest BCUT2D eigenvalue weighted by molar-refractivity contribution is -0.297. The Labute approximate surface area is 326 Å². The summed E-state index contributed by atoms with van der Waals surface area (Å²) in [6, 6.07) is 0. The molecule has 0 aromatic rings. The quantitative estimate of drug-likeness (QED) is 0.0216. The molecule has 0 spiro atoms. The van der Waals surface area contributed by atoms with Crippen molar-refractivity contribution in [3.8, 4) is 0 Å². The molecule has 6 unspecified atom stereocenters. The zero-order valence-corrected chi connectivity index (χ0v) is 34.1. The van der Waals surface area contributed by atoms with Crippen LogP contribution in [0, 0.1) is 0 Å². The van der Waals surface area contributed by atoms with E-state index < -0.39 is 71.2 Å². The van der Waals surface area contributed by atoms with Crippen LogP contribution in [0.5, 0.6) is 0 Å². The van der Waals surface area contributed by atoms with Crippen molar-refractivity contribution in [3.05, 3.63) is 24.3 Å². The number of carbonyl (C=O) groups is 2. The molecule has 6 atom stereocenters. The Morgan fingerprint density at radius 2 is 1.13 bits per heavy atom. The van der Waals surface area contributed by atoms with Crippen LogP contribution in [-0.2, 0) is 38.7 Å². The van der Waals surface area contributed by atoms with Gasteiger partial charge in [0.05, 0.1) is 6.61 Å². The highest BCUT2D eigenvalue weighted by atomic mass is 32.2. The fourth-order valence-corrected chi connectivity index (χ4v) is 6.91. The first-order chi connectivity index (χ1) is 26.0. The number of unbranched alkanes of at least 4 members (excludes halogenated alkanes) is 18. The van der Waals surface area contributed by atoms with Crippen LogP contribution >= 0.6 is 0 Å². The summed E-state index contributed by atoms with van der Waals surface area (Å²) in [5.41, 5.74) is 0. The lowest BCUT2D eigenvalue weighted by Gasteiger charge is -2.40. The van der Waals surface area contributed by atoms with Gasteiger partial charge in [-0.1, -0.05) is 141 Å². The third kappa shape index (κ3) is 26.9. The highest BCUT2D eigenvalue weighted by molar-refractivity contribution is 7.85. The van der Waals surface area contributed by atoms with Crippen LogP contribution in [0.4, 0.5) is 0 Å². The Bertz CT molecular complexity index is 1110. The van der Waals surface area contributed by atoms with Crippen LogP contribution in [0.3, 0.4) is 0 Å². The van der Waals surface area contributed by atoms with Crippen molar-refractivity contribution in [2.24, 2.45) is 0 Å². The van der Waals surface area contributed by atoms with Crippen molar-refractivity contribution in [2.75, 3.05) is 19.0 Å². The molecule has 0 aliphatic carbocycles. The molecular formula is C41H74O12S. The van der Waals surface area contributed by atoms with Crippen molar-refractivity contribution in [3.63, 3.8) is 0 Å². The smallest absolute Gasteiger partial charge is 0.306 e. The second-order valence-electron chi connectivity index (χ2n) is 14.7. The zero-order chi connectivity index (χ0) is 39.9. The van der Waals surface area contributed by atoms with Gasteiger partial charge in [-0.15, -0.1) is 0 Å².